The molecule has 0 fully saturated rings. The van der Waals surface area contributed by atoms with E-state index in [1.165, 1.54) is 0 Å². The van der Waals surface area contributed by atoms with Gasteiger partial charge in [0.25, 0.3) is 0 Å². The van der Waals surface area contributed by atoms with Gasteiger partial charge in [0.15, 0.2) is 0 Å². The molecule has 0 aromatic carbocycles. The summed E-state index contributed by atoms with van der Waals surface area (Å²) >= 11 is 0. The number of nitrogens with zero attached hydrogens (tertiary/aromatic N) is 2. The normalized spacial score (nSPS) is 11.5. The number of aromatic nitrogens is 1. The summed E-state index contributed by atoms with van der Waals surface area (Å²) in [5.74, 6) is 6.00. The van der Waals surface area contributed by atoms with Crippen molar-refractivity contribution in [2.75, 3.05) is 12.5 Å². The number of nitrogen functional groups attached to an aromatic ring is 1. The van der Waals surface area contributed by atoms with Gasteiger partial charge in [-0.1, -0.05) is 0 Å². The molecule has 4 N–H and O–H groups in total. The minimum Gasteiger partial charge on any atom is -0.344 e. The molecule has 5 heteroatoms. The molecule has 0 saturated heterocycles. The second kappa shape index (κ2) is 3.86. The van der Waals surface area contributed by atoms with Crippen molar-refractivity contribution in [1.29, 1.82) is 0 Å². The van der Waals surface area contributed by atoms with Crippen LogP contribution in [0.25, 0.3) is 0 Å². The number of hydrazine groups is 1. The minimum atomic E-state index is 0.677. The van der Waals surface area contributed by atoms with Gasteiger partial charge < -0.3 is 10.4 Å². The Balaban J connectivity index is 3.28. The van der Waals surface area contributed by atoms with Crippen LogP contribution in [0.4, 0.5) is 11.5 Å². The molecule has 13 heavy (non-hydrogen) atoms. The Bertz CT molecular complexity index is 336. The van der Waals surface area contributed by atoms with Crippen molar-refractivity contribution in [3.05, 3.63) is 11.8 Å². The van der Waals surface area contributed by atoms with Crippen molar-refractivity contribution in [1.82, 2.24) is 4.98 Å². The van der Waals surface area contributed by atoms with Gasteiger partial charge in [0.2, 0.25) is 0 Å². The molecule has 0 unspecified atom stereocenters. The van der Waals surface area contributed by atoms with Crippen LogP contribution in [0.2, 0.25) is 0 Å². The van der Waals surface area contributed by atoms with Crippen LogP contribution in [-0.4, -0.2) is 24.5 Å². The van der Waals surface area contributed by atoms with E-state index in [4.69, 9.17) is 5.84 Å². The zero-order valence-electron chi connectivity index (χ0n) is 7.76. The first-order chi connectivity index (χ1) is 6.24. The molecule has 0 aliphatic heterocycles. The highest BCUT2D eigenvalue weighted by atomic mass is 15.2. The summed E-state index contributed by atoms with van der Waals surface area (Å²) in [6.45, 7) is 5.34. The molecule has 0 bridgehead atoms. The maximum absolute atomic E-state index is 5.32. The van der Waals surface area contributed by atoms with Gasteiger partial charge in [-0.05, 0) is 13.6 Å². The molecule has 0 spiro atoms. The highest BCUT2D eigenvalue weighted by Crippen LogP contribution is 2.25. The zero-order valence-corrected chi connectivity index (χ0v) is 7.76. The van der Waals surface area contributed by atoms with Crippen LogP contribution in [0.5, 0.6) is 0 Å². The lowest BCUT2D eigenvalue weighted by atomic mass is 10.2. The van der Waals surface area contributed by atoms with Crippen molar-refractivity contribution in [3.8, 4) is 0 Å². The van der Waals surface area contributed by atoms with Gasteiger partial charge in [0, 0.05) is 19.0 Å². The van der Waals surface area contributed by atoms with Crippen LogP contribution >= 0.6 is 0 Å². The van der Waals surface area contributed by atoms with E-state index in [0.717, 1.165) is 17.0 Å². The molecular formula is C8H13N5. The van der Waals surface area contributed by atoms with Crippen LogP contribution in [-0.2, 0) is 0 Å². The summed E-state index contributed by atoms with van der Waals surface area (Å²) in [7, 11) is 1.72. The molecule has 0 aliphatic rings. The monoisotopic (exact) mass is 179 g/mol. The third-order valence-electron chi connectivity index (χ3n) is 1.87. The highest BCUT2D eigenvalue weighted by Gasteiger charge is 2.11. The maximum Gasteiger partial charge on any atom is 0.140 e. The number of hydrogen-bond acceptors (Lipinski definition) is 4. The Morgan fingerprint density at radius 2 is 2.38 bits per heavy atom. The Labute approximate surface area is 76.8 Å². The van der Waals surface area contributed by atoms with Crippen molar-refractivity contribution in [2.24, 2.45) is 15.8 Å². The maximum atomic E-state index is 5.32. The summed E-state index contributed by atoms with van der Waals surface area (Å²) in [4.78, 5) is 10.8. The summed E-state index contributed by atoms with van der Waals surface area (Å²) < 4.78 is 0. The molecule has 70 valence electrons. The number of H-pyrrole nitrogens is 1. The molecule has 0 atom stereocenters. The van der Waals surface area contributed by atoms with E-state index in [1.807, 2.05) is 6.92 Å². The molecule has 0 saturated carbocycles. The standard InChI is InChI=1S/C8H13N5/c1-5(10-2)7-6(13-9)4-12-8(7)11-3/h4,12-13H,3,9H2,1-2H3. The van der Waals surface area contributed by atoms with Crippen LogP contribution in [0.15, 0.2) is 16.2 Å². The molecule has 1 aromatic rings. The van der Waals surface area contributed by atoms with E-state index < -0.39 is 0 Å². The van der Waals surface area contributed by atoms with Crippen molar-refractivity contribution in [2.45, 2.75) is 6.92 Å². The number of aliphatic imine (C=N–C) groups is 2. The Hall–Kier alpha value is -1.62. The summed E-state index contributed by atoms with van der Waals surface area (Å²) in [6.07, 6.45) is 1.73. The van der Waals surface area contributed by atoms with Crippen LogP contribution in [0.3, 0.4) is 0 Å². The van der Waals surface area contributed by atoms with Gasteiger partial charge in [0.1, 0.15) is 5.82 Å². The fraction of sp³-hybridized carbons (Fsp3) is 0.250. The SMILES string of the molecule is C=Nc1[nH]cc(NN)c1C(C)=NC. The number of nitrogens with one attached hydrogen (secondary N) is 2. The lowest BCUT2D eigenvalue weighted by Crippen LogP contribution is -2.09. The first-order valence-corrected chi connectivity index (χ1v) is 3.83. The topological polar surface area (TPSA) is 78.6 Å². The summed E-state index contributed by atoms with van der Waals surface area (Å²) in [5.41, 5.74) is 5.05. The molecule has 1 rings (SSSR count). The van der Waals surface area contributed by atoms with Gasteiger partial charge in [-0.3, -0.25) is 10.8 Å². The van der Waals surface area contributed by atoms with Crippen LogP contribution < -0.4 is 11.3 Å². The number of nitrogens with two attached hydrogens (primary N) is 1. The smallest absolute Gasteiger partial charge is 0.140 e. The second-order valence-electron chi connectivity index (χ2n) is 2.54. The molecule has 0 radical (unpaired) electrons. The number of anilines is 1. The van der Waals surface area contributed by atoms with E-state index in [9.17, 15) is 0 Å². The van der Waals surface area contributed by atoms with E-state index in [1.54, 1.807) is 13.2 Å². The largest absolute Gasteiger partial charge is 0.344 e. The molecule has 5 nitrogen and oxygen atoms in total. The van der Waals surface area contributed by atoms with Gasteiger partial charge >= 0.3 is 0 Å². The molecule has 0 amide bonds. The minimum absolute atomic E-state index is 0.677. The molecule has 1 aromatic heterocycles. The van der Waals surface area contributed by atoms with E-state index >= 15 is 0 Å². The Kier molecular flexibility index (Phi) is 2.81. The number of hydrogen-bond donors (Lipinski definition) is 3. The average molecular weight is 179 g/mol. The second-order valence-corrected chi connectivity index (χ2v) is 2.54. The summed E-state index contributed by atoms with van der Waals surface area (Å²) in [6, 6.07) is 0. The first kappa shape index (κ1) is 9.47. The van der Waals surface area contributed by atoms with Gasteiger partial charge in [0.05, 0.1) is 11.3 Å². The predicted octanol–water partition coefficient (Wildman–Crippen LogP) is 1.07. The Morgan fingerprint density at radius 3 is 2.85 bits per heavy atom. The van der Waals surface area contributed by atoms with Crippen molar-refractivity contribution < 1.29 is 0 Å². The first-order valence-electron chi connectivity index (χ1n) is 3.83. The van der Waals surface area contributed by atoms with E-state index in [-0.39, 0.29) is 0 Å². The molecule has 1 heterocycles. The molecular weight excluding hydrogens is 166 g/mol. The Morgan fingerprint density at radius 1 is 1.69 bits per heavy atom. The third kappa shape index (κ3) is 1.59. The summed E-state index contributed by atoms with van der Waals surface area (Å²) in [5, 5.41) is 0. The van der Waals surface area contributed by atoms with Gasteiger partial charge in [-0.2, -0.15) is 0 Å². The molecule has 0 aliphatic carbocycles. The van der Waals surface area contributed by atoms with Crippen molar-refractivity contribution in [3.63, 3.8) is 0 Å². The lowest BCUT2D eigenvalue weighted by molar-refractivity contribution is 1.33. The fourth-order valence-electron chi connectivity index (χ4n) is 1.13. The highest BCUT2D eigenvalue weighted by molar-refractivity contribution is 6.07. The average Bonchev–Trinajstić information content (AvgIpc) is 2.59. The quantitative estimate of drug-likeness (QED) is 0.368. The van der Waals surface area contributed by atoms with Crippen LogP contribution in [0.1, 0.15) is 12.5 Å². The number of aromatic amines is 1. The zero-order chi connectivity index (χ0) is 9.84. The number of rotatable bonds is 3. The van der Waals surface area contributed by atoms with Gasteiger partial charge in [-0.15, -0.1) is 0 Å². The predicted molar refractivity (Wildman–Crippen MR) is 55.9 cm³/mol. The lowest BCUT2D eigenvalue weighted by Gasteiger charge is -2.02. The van der Waals surface area contributed by atoms with E-state index in [2.05, 4.69) is 27.1 Å². The van der Waals surface area contributed by atoms with Crippen LogP contribution in [0, 0.1) is 0 Å². The third-order valence-corrected chi connectivity index (χ3v) is 1.87. The van der Waals surface area contributed by atoms with E-state index in [0.29, 0.717) is 5.82 Å². The fourth-order valence-corrected chi connectivity index (χ4v) is 1.13. The van der Waals surface area contributed by atoms with Crippen molar-refractivity contribution >= 4 is 23.9 Å². The van der Waals surface area contributed by atoms with Gasteiger partial charge in [-0.25, -0.2) is 4.99 Å².